The van der Waals surface area contributed by atoms with Gasteiger partial charge in [0, 0.05) is 37.1 Å². The van der Waals surface area contributed by atoms with Crippen molar-refractivity contribution >= 4 is 5.69 Å². The van der Waals surface area contributed by atoms with Crippen molar-refractivity contribution in [1.29, 1.82) is 0 Å². The van der Waals surface area contributed by atoms with E-state index in [1.807, 2.05) is 42.6 Å². The number of aromatic nitrogens is 2. The highest BCUT2D eigenvalue weighted by Crippen LogP contribution is 2.23. The Balaban J connectivity index is 1.53. The second kappa shape index (κ2) is 7.14. The molecule has 1 aliphatic heterocycles. The maximum absolute atomic E-state index is 5.77. The van der Waals surface area contributed by atoms with Gasteiger partial charge in [-0.05, 0) is 53.9 Å². The first kappa shape index (κ1) is 16.5. The highest BCUT2D eigenvalue weighted by atomic mass is 16.5. The molecular weight excluding hydrogens is 324 g/mol. The predicted octanol–water partition coefficient (Wildman–Crippen LogP) is 3.29. The molecular formula is C21H22N4O. The van der Waals surface area contributed by atoms with Crippen LogP contribution in [-0.2, 0) is 19.5 Å². The fourth-order valence-electron chi connectivity index (χ4n) is 3.29. The Hall–Kier alpha value is -2.92. The molecule has 4 rings (SSSR count). The van der Waals surface area contributed by atoms with Gasteiger partial charge >= 0.3 is 0 Å². The van der Waals surface area contributed by atoms with Crippen molar-refractivity contribution in [2.24, 2.45) is 0 Å². The summed E-state index contributed by atoms with van der Waals surface area (Å²) >= 11 is 0. The number of nitrogen functional groups attached to an aromatic ring is 1. The van der Waals surface area contributed by atoms with Gasteiger partial charge < -0.3 is 10.5 Å². The van der Waals surface area contributed by atoms with E-state index in [4.69, 9.17) is 15.5 Å². The maximum atomic E-state index is 5.77. The molecule has 0 atom stereocenters. The van der Waals surface area contributed by atoms with Crippen LogP contribution in [0, 0.1) is 0 Å². The van der Waals surface area contributed by atoms with Crippen LogP contribution in [0.5, 0.6) is 5.75 Å². The monoisotopic (exact) mass is 346 g/mol. The number of fused-ring (bicyclic) bond motifs is 1. The van der Waals surface area contributed by atoms with Gasteiger partial charge in [0.05, 0.1) is 12.8 Å². The molecule has 132 valence electrons. The number of methoxy groups -OCH3 is 1. The van der Waals surface area contributed by atoms with Gasteiger partial charge in [0.15, 0.2) is 5.82 Å². The zero-order chi connectivity index (χ0) is 17.9. The molecule has 0 saturated heterocycles. The summed E-state index contributed by atoms with van der Waals surface area (Å²) in [5.41, 5.74) is 11.1. The first-order valence-electron chi connectivity index (χ1n) is 8.77. The number of ether oxygens (including phenoxy) is 1. The zero-order valence-electron chi connectivity index (χ0n) is 14.9. The summed E-state index contributed by atoms with van der Waals surface area (Å²) in [5.74, 6) is 1.65. The predicted molar refractivity (Wildman–Crippen MR) is 103 cm³/mol. The van der Waals surface area contributed by atoms with Gasteiger partial charge in [-0.3, -0.25) is 4.90 Å². The van der Waals surface area contributed by atoms with E-state index in [9.17, 15) is 0 Å². The van der Waals surface area contributed by atoms with Gasteiger partial charge in [0.2, 0.25) is 0 Å². The second-order valence-electron chi connectivity index (χ2n) is 6.60. The minimum absolute atomic E-state index is 0.746. The molecule has 2 N–H and O–H groups in total. The number of anilines is 1. The van der Waals surface area contributed by atoms with E-state index >= 15 is 0 Å². The first-order chi connectivity index (χ1) is 12.7. The quantitative estimate of drug-likeness (QED) is 0.735. The molecule has 0 radical (unpaired) electrons. The second-order valence-corrected chi connectivity index (χ2v) is 6.60. The molecule has 0 saturated carbocycles. The van der Waals surface area contributed by atoms with Crippen molar-refractivity contribution in [3.05, 3.63) is 71.5 Å². The average molecular weight is 346 g/mol. The SMILES string of the molecule is COc1cccc(CN2CCc3cnc(-c4ccc(N)cc4)nc3C2)c1. The van der Waals surface area contributed by atoms with E-state index in [1.165, 1.54) is 11.1 Å². The van der Waals surface area contributed by atoms with E-state index in [1.54, 1.807) is 7.11 Å². The summed E-state index contributed by atoms with van der Waals surface area (Å²) in [6.07, 6.45) is 2.94. The topological polar surface area (TPSA) is 64.3 Å². The Bertz CT molecular complexity index is 908. The molecule has 0 spiro atoms. The lowest BCUT2D eigenvalue weighted by Crippen LogP contribution is -2.31. The molecule has 0 unspecified atom stereocenters. The minimum atomic E-state index is 0.746. The van der Waals surface area contributed by atoms with E-state index < -0.39 is 0 Å². The van der Waals surface area contributed by atoms with E-state index in [0.29, 0.717) is 0 Å². The van der Waals surface area contributed by atoms with E-state index in [-0.39, 0.29) is 0 Å². The van der Waals surface area contributed by atoms with Crippen molar-refractivity contribution in [3.8, 4) is 17.1 Å². The summed E-state index contributed by atoms with van der Waals surface area (Å²) in [5, 5.41) is 0. The van der Waals surface area contributed by atoms with Crippen molar-refractivity contribution < 1.29 is 4.74 Å². The summed E-state index contributed by atoms with van der Waals surface area (Å²) in [6, 6.07) is 15.9. The van der Waals surface area contributed by atoms with Crippen molar-refractivity contribution in [2.75, 3.05) is 19.4 Å². The lowest BCUT2D eigenvalue weighted by atomic mass is 10.1. The van der Waals surface area contributed by atoms with Crippen LogP contribution in [0.2, 0.25) is 0 Å². The van der Waals surface area contributed by atoms with Crippen LogP contribution in [0.3, 0.4) is 0 Å². The number of nitrogens with two attached hydrogens (primary N) is 1. The summed E-state index contributed by atoms with van der Waals surface area (Å²) in [4.78, 5) is 11.8. The largest absolute Gasteiger partial charge is 0.497 e. The summed E-state index contributed by atoms with van der Waals surface area (Å²) in [6.45, 7) is 2.73. The highest BCUT2D eigenvalue weighted by molar-refractivity contribution is 5.58. The third kappa shape index (κ3) is 3.53. The third-order valence-corrected chi connectivity index (χ3v) is 4.73. The molecule has 3 aromatic rings. The molecule has 1 aromatic heterocycles. The fraction of sp³-hybridized carbons (Fsp3) is 0.238. The number of rotatable bonds is 4. The molecule has 0 fully saturated rings. The molecule has 2 heterocycles. The minimum Gasteiger partial charge on any atom is -0.497 e. The number of hydrogen-bond donors (Lipinski definition) is 1. The molecule has 1 aliphatic rings. The first-order valence-corrected chi connectivity index (χ1v) is 8.77. The molecule has 0 aliphatic carbocycles. The normalized spacial score (nSPS) is 14.0. The van der Waals surface area contributed by atoms with Gasteiger partial charge in [-0.25, -0.2) is 9.97 Å². The zero-order valence-corrected chi connectivity index (χ0v) is 14.9. The molecule has 2 aromatic carbocycles. The van der Waals surface area contributed by atoms with Gasteiger partial charge in [-0.1, -0.05) is 12.1 Å². The van der Waals surface area contributed by atoms with Crippen LogP contribution in [-0.4, -0.2) is 28.5 Å². The van der Waals surface area contributed by atoms with Gasteiger partial charge in [0.25, 0.3) is 0 Å². The van der Waals surface area contributed by atoms with Crippen molar-refractivity contribution in [3.63, 3.8) is 0 Å². The van der Waals surface area contributed by atoms with E-state index in [0.717, 1.165) is 54.6 Å². The number of hydrogen-bond acceptors (Lipinski definition) is 5. The van der Waals surface area contributed by atoms with Crippen LogP contribution in [0.1, 0.15) is 16.8 Å². The maximum Gasteiger partial charge on any atom is 0.159 e. The standard InChI is InChI=1S/C21H22N4O/c1-26-19-4-2-3-15(11-19)13-25-10-9-17-12-23-21(24-20(17)14-25)16-5-7-18(22)8-6-16/h2-8,11-12H,9-10,13-14,22H2,1H3. The lowest BCUT2D eigenvalue weighted by molar-refractivity contribution is 0.241. The van der Waals surface area contributed by atoms with Gasteiger partial charge in [-0.2, -0.15) is 0 Å². The van der Waals surface area contributed by atoms with E-state index in [2.05, 4.69) is 22.0 Å². The van der Waals surface area contributed by atoms with Crippen LogP contribution in [0.4, 0.5) is 5.69 Å². The van der Waals surface area contributed by atoms with Gasteiger partial charge in [-0.15, -0.1) is 0 Å². The van der Waals surface area contributed by atoms with Crippen LogP contribution < -0.4 is 10.5 Å². The van der Waals surface area contributed by atoms with Crippen LogP contribution in [0.25, 0.3) is 11.4 Å². The molecule has 0 bridgehead atoms. The van der Waals surface area contributed by atoms with Gasteiger partial charge in [0.1, 0.15) is 5.75 Å². The highest BCUT2D eigenvalue weighted by Gasteiger charge is 2.19. The third-order valence-electron chi connectivity index (χ3n) is 4.73. The Morgan fingerprint density at radius 1 is 1.15 bits per heavy atom. The van der Waals surface area contributed by atoms with Crippen molar-refractivity contribution in [2.45, 2.75) is 19.5 Å². The van der Waals surface area contributed by atoms with Crippen LogP contribution in [0.15, 0.2) is 54.7 Å². The summed E-state index contributed by atoms with van der Waals surface area (Å²) in [7, 11) is 1.70. The number of nitrogens with zero attached hydrogens (tertiary/aromatic N) is 3. The number of benzene rings is 2. The Morgan fingerprint density at radius 2 is 2.00 bits per heavy atom. The lowest BCUT2D eigenvalue weighted by Gasteiger charge is -2.28. The van der Waals surface area contributed by atoms with Crippen LogP contribution >= 0.6 is 0 Å². The molecule has 5 heteroatoms. The molecule has 0 amide bonds. The summed E-state index contributed by atoms with van der Waals surface area (Å²) < 4.78 is 5.33. The average Bonchev–Trinajstić information content (AvgIpc) is 2.68. The Labute approximate surface area is 153 Å². The fourth-order valence-corrected chi connectivity index (χ4v) is 3.29. The smallest absolute Gasteiger partial charge is 0.159 e. The van der Waals surface area contributed by atoms with Crippen molar-refractivity contribution in [1.82, 2.24) is 14.9 Å². The Morgan fingerprint density at radius 3 is 2.81 bits per heavy atom. The Kier molecular flexibility index (Phi) is 4.54. The molecule has 5 nitrogen and oxygen atoms in total. The molecule has 26 heavy (non-hydrogen) atoms.